The summed E-state index contributed by atoms with van der Waals surface area (Å²) >= 11 is 0. The molecular weight excluding hydrogens is 334 g/mol. The van der Waals surface area contributed by atoms with E-state index >= 15 is 0 Å². The molecule has 1 aliphatic rings. The summed E-state index contributed by atoms with van der Waals surface area (Å²) in [5, 5.41) is 18.1. The van der Waals surface area contributed by atoms with Crippen molar-refractivity contribution in [2.24, 2.45) is 0 Å². The zero-order chi connectivity index (χ0) is 18.1. The summed E-state index contributed by atoms with van der Waals surface area (Å²) in [6.45, 7) is 2.46. The number of amides is 1. The van der Waals surface area contributed by atoms with E-state index in [1.807, 2.05) is 41.2 Å². The van der Waals surface area contributed by atoms with Gasteiger partial charge in [-0.05, 0) is 11.6 Å². The van der Waals surface area contributed by atoms with Gasteiger partial charge in [-0.2, -0.15) is 10.1 Å². The number of nitrogens with zero attached hydrogens (tertiary/aromatic N) is 5. The van der Waals surface area contributed by atoms with Gasteiger partial charge in [0.15, 0.2) is 0 Å². The van der Waals surface area contributed by atoms with Gasteiger partial charge in [-0.15, -0.1) is 0 Å². The Kier molecular flexibility index (Phi) is 4.26. The Morgan fingerprint density at radius 1 is 1.35 bits per heavy atom. The molecule has 4 rings (SSSR count). The maximum atomic E-state index is 11.7. The molecule has 1 amide bonds. The Morgan fingerprint density at radius 3 is 2.85 bits per heavy atom. The fraction of sp³-hybridized carbons (Fsp3) is 0.333. The van der Waals surface area contributed by atoms with Crippen LogP contribution in [0, 0.1) is 0 Å². The number of carbonyl (C=O) groups is 1. The lowest BCUT2D eigenvalue weighted by atomic mass is 10.1. The lowest BCUT2D eigenvalue weighted by Gasteiger charge is -2.19. The van der Waals surface area contributed by atoms with Crippen molar-refractivity contribution in [3.63, 3.8) is 0 Å². The second-order valence-corrected chi connectivity index (χ2v) is 6.43. The van der Waals surface area contributed by atoms with E-state index in [2.05, 4.69) is 15.2 Å². The zero-order valence-electron chi connectivity index (χ0n) is 14.3. The highest BCUT2D eigenvalue weighted by atomic mass is 16.5. The van der Waals surface area contributed by atoms with E-state index in [0.717, 1.165) is 11.1 Å². The number of carbonyl (C=O) groups excluding carboxylic acids is 1. The number of aromatic nitrogens is 4. The van der Waals surface area contributed by atoms with Gasteiger partial charge in [0.2, 0.25) is 17.6 Å². The van der Waals surface area contributed by atoms with Gasteiger partial charge in [-0.1, -0.05) is 29.4 Å². The summed E-state index contributed by atoms with van der Waals surface area (Å²) in [4.78, 5) is 17.7. The molecular formula is C18H19N5O3. The van der Waals surface area contributed by atoms with Crippen LogP contribution >= 0.6 is 0 Å². The maximum absolute atomic E-state index is 11.7. The van der Waals surface area contributed by atoms with Crippen molar-refractivity contribution in [1.29, 1.82) is 0 Å². The van der Waals surface area contributed by atoms with Crippen molar-refractivity contribution in [1.82, 2.24) is 24.8 Å². The quantitative estimate of drug-likeness (QED) is 0.766. The number of hydrogen-bond acceptors (Lipinski definition) is 6. The standard InChI is InChI=1S/C18H19N5O3/c1-12(24)23-11-15(25)9-16(23)18-20-17(21-26-18)14-5-3-13(4-6-14)10-22-8-2-7-19-22/h2-8,15-16,25H,9-11H2,1H3/t15-,16+/m0/s1. The van der Waals surface area contributed by atoms with Gasteiger partial charge in [-0.25, -0.2) is 0 Å². The van der Waals surface area contributed by atoms with Gasteiger partial charge in [0, 0.05) is 37.8 Å². The predicted octanol–water partition coefficient (Wildman–Crippen LogP) is 1.64. The first kappa shape index (κ1) is 16.5. The molecule has 8 nitrogen and oxygen atoms in total. The molecule has 134 valence electrons. The van der Waals surface area contributed by atoms with E-state index in [1.54, 1.807) is 11.1 Å². The van der Waals surface area contributed by atoms with Crippen molar-refractivity contribution in [2.45, 2.75) is 32.0 Å². The van der Waals surface area contributed by atoms with E-state index in [9.17, 15) is 9.90 Å². The van der Waals surface area contributed by atoms with E-state index in [1.165, 1.54) is 6.92 Å². The minimum Gasteiger partial charge on any atom is -0.391 e. The van der Waals surface area contributed by atoms with E-state index in [4.69, 9.17) is 4.52 Å². The smallest absolute Gasteiger partial charge is 0.249 e. The highest BCUT2D eigenvalue weighted by molar-refractivity contribution is 5.74. The van der Waals surface area contributed by atoms with Crippen LogP contribution in [0.3, 0.4) is 0 Å². The van der Waals surface area contributed by atoms with Crippen molar-refractivity contribution < 1.29 is 14.4 Å². The van der Waals surface area contributed by atoms with Crippen molar-refractivity contribution in [3.8, 4) is 11.4 Å². The Balaban J connectivity index is 1.51. The number of rotatable bonds is 4. The molecule has 0 aliphatic carbocycles. The second-order valence-electron chi connectivity index (χ2n) is 6.43. The molecule has 8 heteroatoms. The highest BCUT2D eigenvalue weighted by Gasteiger charge is 2.37. The molecule has 0 radical (unpaired) electrons. The first-order valence-electron chi connectivity index (χ1n) is 8.46. The Hall–Kier alpha value is -3.00. The fourth-order valence-corrected chi connectivity index (χ4v) is 3.22. The van der Waals surface area contributed by atoms with Gasteiger partial charge >= 0.3 is 0 Å². The molecule has 26 heavy (non-hydrogen) atoms. The fourth-order valence-electron chi connectivity index (χ4n) is 3.22. The van der Waals surface area contributed by atoms with Crippen LogP contribution in [0.2, 0.25) is 0 Å². The molecule has 1 fully saturated rings. The molecule has 3 heterocycles. The third-order valence-corrected chi connectivity index (χ3v) is 4.53. The molecule has 1 aromatic carbocycles. The highest BCUT2D eigenvalue weighted by Crippen LogP contribution is 2.32. The maximum Gasteiger partial charge on any atom is 0.249 e. The molecule has 1 N–H and O–H groups in total. The summed E-state index contributed by atoms with van der Waals surface area (Å²) < 4.78 is 7.22. The van der Waals surface area contributed by atoms with Gasteiger partial charge < -0.3 is 14.5 Å². The number of β-amino-alcohol motifs (C(OH)–C–C–N with tert-alkyl or cyclic N) is 1. The molecule has 0 unspecified atom stereocenters. The molecule has 0 bridgehead atoms. The van der Waals surface area contributed by atoms with Gasteiger partial charge in [-0.3, -0.25) is 9.48 Å². The lowest BCUT2D eigenvalue weighted by molar-refractivity contribution is -0.130. The van der Waals surface area contributed by atoms with Crippen LogP contribution in [0.15, 0.2) is 47.2 Å². The summed E-state index contributed by atoms with van der Waals surface area (Å²) in [7, 11) is 0. The SMILES string of the molecule is CC(=O)N1C[C@@H](O)C[C@@H]1c1nc(-c2ccc(Cn3cccn3)cc2)no1. The molecule has 1 saturated heterocycles. The summed E-state index contributed by atoms with van der Waals surface area (Å²) in [6, 6.07) is 9.37. The van der Waals surface area contributed by atoms with Gasteiger partial charge in [0.05, 0.1) is 12.6 Å². The van der Waals surface area contributed by atoms with E-state index < -0.39 is 6.10 Å². The number of benzene rings is 1. The van der Waals surface area contributed by atoms with Crippen LogP contribution in [0.1, 0.15) is 30.8 Å². The third-order valence-electron chi connectivity index (χ3n) is 4.53. The largest absolute Gasteiger partial charge is 0.391 e. The summed E-state index contributed by atoms with van der Waals surface area (Å²) in [5.41, 5.74) is 1.94. The van der Waals surface area contributed by atoms with Gasteiger partial charge in [0.25, 0.3) is 0 Å². The van der Waals surface area contributed by atoms with Crippen LogP contribution in [0.4, 0.5) is 0 Å². The number of likely N-dealkylation sites (tertiary alicyclic amines) is 1. The monoisotopic (exact) mass is 353 g/mol. The third kappa shape index (κ3) is 3.23. The molecule has 2 atom stereocenters. The topological polar surface area (TPSA) is 97.3 Å². The molecule has 2 aromatic heterocycles. The van der Waals surface area contributed by atoms with Crippen molar-refractivity contribution in [3.05, 3.63) is 54.2 Å². The normalized spacial score (nSPS) is 19.8. The predicted molar refractivity (Wildman–Crippen MR) is 91.8 cm³/mol. The van der Waals surface area contributed by atoms with Crippen molar-refractivity contribution in [2.75, 3.05) is 6.54 Å². The zero-order valence-corrected chi connectivity index (χ0v) is 14.3. The Labute approximate surface area is 150 Å². The molecule has 1 aliphatic heterocycles. The van der Waals surface area contributed by atoms with Crippen LogP contribution < -0.4 is 0 Å². The minimum atomic E-state index is -0.569. The van der Waals surface area contributed by atoms with Crippen LogP contribution in [-0.4, -0.2) is 48.5 Å². The minimum absolute atomic E-state index is 0.116. The molecule has 0 saturated carbocycles. The van der Waals surface area contributed by atoms with Crippen LogP contribution in [0.5, 0.6) is 0 Å². The lowest BCUT2D eigenvalue weighted by Crippen LogP contribution is -2.29. The molecule has 3 aromatic rings. The van der Waals surface area contributed by atoms with Crippen LogP contribution in [-0.2, 0) is 11.3 Å². The van der Waals surface area contributed by atoms with E-state index in [0.29, 0.717) is 31.2 Å². The number of hydrogen-bond donors (Lipinski definition) is 1. The number of aliphatic hydroxyl groups excluding tert-OH is 1. The van der Waals surface area contributed by atoms with Crippen LogP contribution in [0.25, 0.3) is 11.4 Å². The van der Waals surface area contributed by atoms with Gasteiger partial charge in [0.1, 0.15) is 6.04 Å². The second kappa shape index (κ2) is 6.72. The van der Waals surface area contributed by atoms with E-state index in [-0.39, 0.29) is 11.9 Å². The molecule has 0 spiro atoms. The Morgan fingerprint density at radius 2 is 2.15 bits per heavy atom. The Bertz CT molecular complexity index is 888. The summed E-state index contributed by atoms with van der Waals surface area (Å²) in [5.74, 6) is 0.706. The average molecular weight is 353 g/mol. The number of aliphatic hydroxyl groups is 1. The summed E-state index contributed by atoms with van der Waals surface area (Å²) in [6.07, 6.45) is 3.50. The van der Waals surface area contributed by atoms with Crippen molar-refractivity contribution >= 4 is 5.91 Å². The first-order valence-corrected chi connectivity index (χ1v) is 8.46. The average Bonchev–Trinajstić information content (AvgIpc) is 3.35. The first-order chi connectivity index (χ1) is 12.6.